The fraction of sp³-hybridized carbons (Fsp3) is 0.519. The number of anilines is 2. The fourth-order valence-corrected chi connectivity index (χ4v) is 4.44. The van der Waals surface area contributed by atoms with E-state index in [1.807, 2.05) is 27.1 Å². The summed E-state index contributed by atoms with van der Waals surface area (Å²) in [7, 11) is 6.12. The largest absolute Gasteiger partial charge is 0.475 e. The van der Waals surface area contributed by atoms with E-state index in [-0.39, 0.29) is 5.56 Å². The van der Waals surface area contributed by atoms with E-state index in [4.69, 9.17) is 9.72 Å². The average Bonchev–Trinajstić information content (AvgIpc) is 2.84. The van der Waals surface area contributed by atoms with Gasteiger partial charge < -0.3 is 24.8 Å². The Morgan fingerprint density at radius 1 is 1.08 bits per heavy atom. The second kappa shape index (κ2) is 11.5. The van der Waals surface area contributed by atoms with E-state index in [1.54, 1.807) is 19.1 Å². The van der Waals surface area contributed by atoms with Crippen LogP contribution >= 0.6 is 0 Å². The monoisotopic (exact) mass is 513 g/mol. The fourth-order valence-electron chi connectivity index (χ4n) is 4.44. The van der Waals surface area contributed by atoms with Crippen LogP contribution in [0, 0.1) is 12.7 Å². The Balaban J connectivity index is 1.73. The van der Waals surface area contributed by atoms with Crippen LogP contribution < -0.4 is 15.0 Å². The normalized spacial score (nSPS) is 16.3. The lowest BCUT2D eigenvalue weighted by Crippen LogP contribution is -2.44. The summed E-state index contributed by atoms with van der Waals surface area (Å²) in [6.45, 7) is 9.79. The van der Waals surface area contributed by atoms with Gasteiger partial charge in [-0.3, -0.25) is 0 Å². The van der Waals surface area contributed by atoms with Crippen molar-refractivity contribution in [2.24, 2.45) is 0 Å². The van der Waals surface area contributed by atoms with Crippen LogP contribution in [0.3, 0.4) is 0 Å². The first-order chi connectivity index (χ1) is 17.6. The van der Waals surface area contributed by atoms with Gasteiger partial charge in [0.1, 0.15) is 35.9 Å². The Morgan fingerprint density at radius 3 is 2.46 bits per heavy atom. The van der Waals surface area contributed by atoms with E-state index in [9.17, 15) is 4.39 Å². The molecule has 2 atom stereocenters. The molecule has 200 valence electrons. The van der Waals surface area contributed by atoms with Crippen molar-refractivity contribution in [3.63, 3.8) is 0 Å². The molecule has 2 aromatic heterocycles. The third-order valence-corrected chi connectivity index (χ3v) is 6.67. The number of nitrogens with zero attached hydrogens (tertiary/aromatic N) is 6. The van der Waals surface area contributed by atoms with Gasteiger partial charge in [-0.1, -0.05) is 18.2 Å². The predicted octanol–water partition coefficient (Wildman–Crippen LogP) is 4.37. The van der Waals surface area contributed by atoms with Gasteiger partial charge in [-0.25, -0.2) is 18.7 Å². The molecule has 1 unspecified atom stereocenters. The van der Waals surface area contributed by atoms with Crippen molar-refractivity contribution in [3.05, 3.63) is 47.0 Å². The van der Waals surface area contributed by atoms with Gasteiger partial charge in [-0.05, 0) is 48.0 Å². The highest BCUT2D eigenvalue weighted by molar-refractivity contribution is 5.90. The first-order valence-electron chi connectivity index (χ1n) is 12.7. The topological polar surface area (TPSA) is 69.7 Å². The van der Waals surface area contributed by atoms with Crippen LogP contribution in [0.4, 0.5) is 20.3 Å². The molecule has 1 fully saturated rings. The molecule has 0 bridgehead atoms. The number of likely N-dealkylation sites (N-methyl/N-ethyl adjacent to an activating group) is 2. The van der Waals surface area contributed by atoms with E-state index in [0.29, 0.717) is 35.3 Å². The minimum absolute atomic E-state index is 0.0495. The molecule has 0 spiro atoms. The van der Waals surface area contributed by atoms with Crippen molar-refractivity contribution in [2.45, 2.75) is 33.0 Å². The van der Waals surface area contributed by atoms with Crippen molar-refractivity contribution < 1.29 is 13.5 Å². The first kappa shape index (κ1) is 26.9. The van der Waals surface area contributed by atoms with Crippen molar-refractivity contribution in [1.82, 2.24) is 24.8 Å². The van der Waals surface area contributed by atoms with Crippen LogP contribution in [0.25, 0.3) is 11.0 Å². The molecular weight excluding hydrogens is 476 g/mol. The van der Waals surface area contributed by atoms with Gasteiger partial charge in [0.05, 0.1) is 11.4 Å². The summed E-state index contributed by atoms with van der Waals surface area (Å²) in [5.41, 5.74) is 1.82. The molecule has 0 aliphatic carbocycles. The lowest BCUT2D eigenvalue weighted by atomic mass is 10.0. The number of piperazine rings is 1. The number of benzene rings is 1. The highest BCUT2D eigenvalue weighted by Gasteiger charge is 2.23. The zero-order chi connectivity index (χ0) is 26.7. The molecule has 0 amide bonds. The number of rotatable bonds is 9. The van der Waals surface area contributed by atoms with E-state index in [1.165, 1.54) is 13.0 Å². The van der Waals surface area contributed by atoms with Crippen LogP contribution in [-0.4, -0.2) is 85.2 Å². The SMILES string of the molecule is Cc1nc(N[C@H](C)c2cccc(C(C)F)c2F)c2cc(N3CCN(C)CC3)c(OCCN(C)C)nc2n1. The number of hydrogen-bond donors (Lipinski definition) is 1. The average molecular weight is 514 g/mol. The molecule has 1 saturated heterocycles. The molecule has 3 heterocycles. The lowest BCUT2D eigenvalue weighted by molar-refractivity contribution is 0.253. The molecule has 1 aliphatic heterocycles. The standard InChI is InChI=1S/C27H37F2N7O/c1-17(28)20-8-7-9-21(24(20)29)18(2)30-25-22-16-23(36-12-10-35(6)11-13-36)27(37-15-14-34(4)5)33-26(22)32-19(3)31-25/h7-9,16-18H,10-15H2,1-6H3,(H,30,31,32,33)/t17?,18-/m1/s1. The third kappa shape index (κ3) is 6.24. The van der Waals surface area contributed by atoms with Crippen LogP contribution in [0.2, 0.25) is 0 Å². The first-order valence-corrected chi connectivity index (χ1v) is 12.7. The van der Waals surface area contributed by atoms with E-state index in [0.717, 1.165) is 43.8 Å². The summed E-state index contributed by atoms with van der Waals surface area (Å²) >= 11 is 0. The number of hydrogen-bond acceptors (Lipinski definition) is 8. The van der Waals surface area contributed by atoms with Gasteiger partial charge in [0, 0.05) is 43.9 Å². The number of aromatic nitrogens is 3. The number of ether oxygens (including phenoxy) is 1. The molecule has 3 aromatic rings. The number of fused-ring (bicyclic) bond motifs is 1. The highest BCUT2D eigenvalue weighted by atomic mass is 19.1. The van der Waals surface area contributed by atoms with Crippen molar-refractivity contribution in [1.29, 1.82) is 0 Å². The maximum absolute atomic E-state index is 15.1. The molecule has 0 radical (unpaired) electrons. The summed E-state index contributed by atoms with van der Waals surface area (Å²) in [6.07, 6.45) is -1.39. The van der Waals surface area contributed by atoms with Gasteiger partial charge >= 0.3 is 0 Å². The summed E-state index contributed by atoms with van der Waals surface area (Å²) in [6, 6.07) is 6.38. The van der Waals surface area contributed by atoms with Gasteiger partial charge in [-0.15, -0.1) is 0 Å². The molecule has 8 nitrogen and oxygen atoms in total. The second-order valence-corrected chi connectivity index (χ2v) is 9.98. The van der Waals surface area contributed by atoms with E-state index in [2.05, 4.69) is 37.0 Å². The summed E-state index contributed by atoms with van der Waals surface area (Å²) < 4.78 is 35.2. The lowest BCUT2D eigenvalue weighted by Gasteiger charge is -2.34. The molecule has 1 aromatic carbocycles. The van der Waals surface area contributed by atoms with Gasteiger partial charge in [0.2, 0.25) is 5.88 Å². The maximum Gasteiger partial charge on any atom is 0.239 e. The number of pyridine rings is 1. The molecule has 1 N–H and O–H groups in total. The molecule has 4 rings (SSSR count). The summed E-state index contributed by atoms with van der Waals surface area (Å²) in [4.78, 5) is 20.6. The number of halogens is 2. The Morgan fingerprint density at radius 2 is 1.78 bits per heavy atom. The third-order valence-electron chi connectivity index (χ3n) is 6.67. The zero-order valence-electron chi connectivity index (χ0n) is 22.6. The smallest absolute Gasteiger partial charge is 0.239 e. The van der Waals surface area contributed by atoms with Crippen LogP contribution in [0.15, 0.2) is 24.3 Å². The molecule has 1 aliphatic rings. The summed E-state index contributed by atoms with van der Waals surface area (Å²) in [5.74, 6) is 1.09. The van der Waals surface area contributed by atoms with Crippen LogP contribution in [0.1, 0.15) is 43.0 Å². The van der Waals surface area contributed by atoms with Crippen LogP contribution in [-0.2, 0) is 0 Å². The van der Waals surface area contributed by atoms with Crippen molar-refractivity contribution >= 4 is 22.5 Å². The number of nitrogens with one attached hydrogen (secondary N) is 1. The number of alkyl halides is 1. The van der Waals surface area contributed by atoms with Crippen molar-refractivity contribution in [2.75, 3.05) is 70.7 Å². The Bertz CT molecular complexity index is 1230. The Labute approximate surface area is 217 Å². The maximum atomic E-state index is 15.1. The minimum atomic E-state index is -1.39. The quantitative estimate of drug-likeness (QED) is 0.453. The molecule has 10 heteroatoms. The zero-order valence-corrected chi connectivity index (χ0v) is 22.6. The van der Waals surface area contributed by atoms with Crippen LogP contribution in [0.5, 0.6) is 5.88 Å². The Hall–Kier alpha value is -3.11. The molecule has 0 saturated carbocycles. The van der Waals surface area contributed by atoms with Crippen molar-refractivity contribution in [3.8, 4) is 5.88 Å². The van der Waals surface area contributed by atoms with E-state index < -0.39 is 18.0 Å². The van der Waals surface area contributed by atoms with E-state index >= 15 is 4.39 Å². The second-order valence-electron chi connectivity index (χ2n) is 9.98. The number of aryl methyl sites for hydroxylation is 1. The minimum Gasteiger partial charge on any atom is -0.475 e. The van der Waals surface area contributed by atoms with Gasteiger partial charge in [-0.2, -0.15) is 4.98 Å². The molecular formula is C27H37F2N7O. The highest BCUT2D eigenvalue weighted by Crippen LogP contribution is 2.35. The summed E-state index contributed by atoms with van der Waals surface area (Å²) in [5, 5.41) is 4.06. The van der Waals surface area contributed by atoms with Gasteiger partial charge in [0.25, 0.3) is 0 Å². The van der Waals surface area contributed by atoms with Gasteiger partial charge in [0.15, 0.2) is 5.65 Å². The Kier molecular flexibility index (Phi) is 8.39. The molecule has 37 heavy (non-hydrogen) atoms. The predicted molar refractivity (Wildman–Crippen MR) is 144 cm³/mol.